The lowest BCUT2D eigenvalue weighted by atomic mass is 10.2. The third kappa shape index (κ3) is 5.73. The summed E-state index contributed by atoms with van der Waals surface area (Å²) in [6.07, 6.45) is 3.85. The number of hydrogen-bond donors (Lipinski definition) is 1. The van der Waals surface area contributed by atoms with Gasteiger partial charge in [0.2, 0.25) is 0 Å². The molecule has 2 amide bonds. The van der Waals surface area contributed by atoms with E-state index in [9.17, 15) is 9.59 Å². The van der Waals surface area contributed by atoms with Crippen LogP contribution in [0.25, 0.3) is 6.08 Å². The number of nitrogens with one attached hydrogen (secondary N) is 1. The molecular formula is C17H22N2O3S. The Morgan fingerprint density at radius 1 is 1.22 bits per heavy atom. The number of ether oxygens (including phenoxy) is 1. The lowest BCUT2D eigenvalue weighted by molar-refractivity contribution is -0.115. The van der Waals surface area contributed by atoms with Gasteiger partial charge in [0, 0.05) is 6.54 Å². The minimum absolute atomic E-state index is 0.325. The van der Waals surface area contributed by atoms with Crippen molar-refractivity contribution in [1.29, 1.82) is 0 Å². The van der Waals surface area contributed by atoms with Crippen LogP contribution in [0.2, 0.25) is 0 Å². The molecule has 1 aromatic carbocycles. The lowest BCUT2D eigenvalue weighted by Crippen LogP contribution is -2.21. The molecule has 2 rings (SSSR count). The van der Waals surface area contributed by atoms with Crippen molar-refractivity contribution in [3.8, 4) is 5.75 Å². The van der Waals surface area contributed by atoms with E-state index in [1.807, 2.05) is 24.3 Å². The zero-order valence-electron chi connectivity index (χ0n) is 13.5. The highest BCUT2D eigenvalue weighted by Crippen LogP contribution is 2.26. The molecular weight excluding hydrogens is 312 g/mol. The second-order valence-corrected chi connectivity index (χ2v) is 6.44. The highest BCUT2D eigenvalue weighted by Gasteiger charge is 2.24. The van der Waals surface area contributed by atoms with Gasteiger partial charge in [-0.3, -0.25) is 14.9 Å². The van der Waals surface area contributed by atoms with Gasteiger partial charge < -0.3 is 9.64 Å². The molecule has 5 nitrogen and oxygen atoms in total. The van der Waals surface area contributed by atoms with E-state index in [0.717, 1.165) is 49.0 Å². The average Bonchev–Trinajstić information content (AvgIpc) is 2.83. The first-order valence-corrected chi connectivity index (χ1v) is 8.56. The van der Waals surface area contributed by atoms with Gasteiger partial charge in [-0.25, -0.2) is 0 Å². The predicted octanol–water partition coefficient (Wildman–Crippen LogP) is 3.12. The van der Waals surface area contributed by atoms with Crippen LogP contribution >= 0.6 is 11.8 Å². The number of carbonyl (C=O) groups is 2. The lowest BCUT2D eigenvalue weighted by Gasteiger charge is -2.15. The number of hydrogen-bond acceptors (Lipinski definition) is 5. The zero-order chi connectivity index (χ0) is 16.7. The Morgan fingerprint density at radius 2 is 1.96 bits per heavy atom. The van der Waals surface area contributed by atoms with E-state index in [-0.39, 0.29) is 11.1 Å². The largest absolute Gasteiger partial charge is 0.494 e. The van der Waals surface area contributed by atoms with E-state index in [2.05, 4.69) is 24.2 Å². The molecule has 0 aromatic heterocycles. The van der Waals surface area contributed by atoms with E-state index in [1.54, 1.807) is 6.08 Å². The Morgan fingerprint density at radius 3 is 2.57 bits per heavy atom. The van der Waals surface area contributed by atoms with Crippen molar-refractivity contribution in [2.75, 3.05) is 26.7 Å². The SMILES string of the molecule is CCCN(C)CCCOc1ccc(/C=C2\SC(=O)NC2=O)cc1. The summed E-state index contributed by atoms with van der Waals surface area (Å²) < 4.78 is 5.71. The summed E-state index contributed by atoms with van der Waals surface area (Å²) >= 11 is 0.922. The van der Waals surface area contributed by atoms with Gasteiger partial charge in [-0.05, 0) is 62.0 Å². The van der Waals surface area contributed by atoms with Crippen molar-refractivity contribution in [3.05, 3.63) is 34.7 Å². The highest BCUT2D eigenvalue weighted by molar-refractivity contribution is 8.18. The second-order valence-electron chi connectivity index (χ2n) is 5.43. The summed E-state index contributed by atoms with van der Waals surface area (Å²) in [5.74, 6) is 0.474. The maximum atomic E-state index is 11.5. The number of rotatable bonds is 8. The maximum Gasteiger partial charge on any atom is 0.290 e. The van der Waals surface area contributed by atoms with E-state index < -0.39 is 0 Å². The van der Waals surface area contributed by atoms with E-state index >= 15 is 0 Å². The monoisotopic (exact) mass is 334 g/mol. The van der Waals surface area contributed by atoms with E-state index in [4.69, 9.17) is 4.74 Å². The average molecular weight is 334 g/mol. The molecule has 0 unspecified atom stereocenters. The molecule has 0 saturated carbocycles. The molecule has 0 atom stereocenters. The highest BCUT2D eigenvalue weighted by atomic mass is 32.2. The van der Waals surface area contributed by atoms with Gasteiger partial charge in [0.25, 0.3) is 11.1 Å². The van der Waals surface area contributed by atoms with E-state index in [1.165, 1.54) is 0 Å². The second kappa shape index (κ2) is 8.74. The number of thioether (sulfide) groups is 1. The molecule has 1 saturated heterocycles. The molecule has 1 aromatic rings. The summed E-state index contributed by atoms with van der Waals surface area (Å²) in [4.78, 5) is 25.3. The van der Waals surface area contributed by atoms with Gasteiger partial charge in [0.1, 0.15) is 5.75 Å². The Labute approximate surface area is 141 Å². The Hall–Kier alpha value is -1.79. The molecule has 1 aliphatic rings. The summed E-state index contributed by atoms with van der Waals surface area (Å²) in [6.45, 7) is 4.99. The Bertz CT molecular complexity index is 584. The third-order valence-electron chi connectivity index (χ3n) is 3.38. The number of imide groups is 1. The number of amides is 2. The molecule has 0 bridgehead atoms. The van der Waals surface area contributed by atoms with Crippen LogP contribution in [0.1, 0.15) is 25.3 Å². The van der Waals surface area contributed by atoms with Crippen molar-refractivity contribution in [2.45, 2.75) is 19.8 Å². The van der Waals surface area contributed by atoms with Gasteiger partial charge in [0.05, 0.1) is 11.5 Å². The van der Waals surface area contributed by atoms with Gasteiger partial charge in [-0.1, -0.05) is 19.1 Å². The molecule has 6 heteroatoms. The summed E-state index contributed by atoms with van der Waals surface area (Å²) in [5.41, 5.74) is 0.868. The summed E-state index contributed by atoms with van der Waals surface area (Å²) in [5, 5.41) is 1.91. The van der Waals surface area contributed by atoms with Crippen LogP contribution in [0.4, 0.5) is 4.79 Å². The standard InChI is InChI=1S/C17H22N2O3S/c1-3-9-19(2)10-4-11-22-14-7-5-13(6-8-14)12-15-16(20)18-17(21)23-15/h5-8,12H,3-4,9-11H2,1-2H3,(H,18,20,21)/b15-12-. The van der Waals surface area contributed by atoms with Crippen LogP contribution in [-0.2, 0) is 4.79 Å². The molecule has 0 aliphatic carbocycles. The molecule has 1 fully saturated rings. The van der Waals surface area contributed by atoms with Crippen LogP contribution in [0.3, 0.4) is 0 Å². The normalized spacial score (nSPS) is 16.2. The first kappa shape index (κ1) is 17.6. The molecule has 0 spiro atoms. The van der Waals surface area contributed by atoms with Crippen molar-refractivity contribution in [3.63, 3.8) is 0 Å². The van der Waals surface area contributed by atoms with Gasteiger partial charge in [-0.15, -0.1) is 0 Å². The minimum atomic E-state index is -0.337. The zero-order valence-corrected chi connectivity index (χ0v) is 14.3. The van der Waals surface area contributed by atoms with Crippen LogP contribution in [-0.4, -0.2) is 42.8 Å². The maximum absolute atomic E-state index is 11.5. The molecule has 124 valence electrons. The van der Waals surface area contributed by atoms with Gasteiger partial charge in [0.15, 0.2) is 0 Å². The number of nitrogens with zero attached hydrogens (tertiary/aromatic N) is 1. The Kier molecular flexibility index (Phi) is 6.67. The molecule has 23 heavy (non-hydrogen) atoms. The van der Waals surface area contributed by atoms with Crippen LogP contribution in [0.5, 0.6) is 5.75 Å². The summed E-state index contributed by atoms with van der Waals surface area (Å²) in [6, 6.07) is 7.51. The fourth-order valence-corrected chi connectivity index (χ4v) is 2.93. The predicted molar refractivity (Wildman–Crippen MR) is 93.4 cm³/mol. The fourth-order valence-electron chi connectivity index (χ4n) is 2.25. The first-order valence-electron chi connectivity index (χ1n) is 7.74. The van der Waals surface area contributed by atoms with Crippen molar-refractivity contribution >= 4 is 29.0 Å². The quantitative estimate of drug-likeness (QED) is 0.585. The van der Waals surface area contributed by atoms with Gasteiger partial charge in [-0.2, -0.15) is 0 Å². The molecule has 1 N–H and O–H groups in total. The summed E-state index contributed by atoms with van der Waals surface area (Å²) in [7, 11) is 2.12. The van der Waals surface area contributed by atoms with Crippen molar-refractivity contribution in [2.24, 2.45) is 0 Å². The van der Waals surface area contributed by atoms with E-state index in [0.29, 0.717) is 11.5 Å². The van der Waals surface area contributed by atoms with Crippen molar-refractivity contribution in [1.82, 2.24) is 10.2 Å². The van der Waals surface area contributed by atoms with Crippen LogP contribution in [0.15, 0.2) is 29.2 Å². The van der Waals surface area contributed by atoms with Crippen molar-refractivity contribution < 1.29 is 14.3 Å². The molecule has 1 aliphatic heterocycles. The Balaban J connectivity index is 1.80. The smallest absolute Gasteiger partial charge is 0.290 e. The van der Waals surface area contributed by atoms with Gasteiger partial charge >= 0.3 is 0 Å². The minimum Gasteiger partial charge on any atom is -0.494 e. The first-order chi connectivity index (χ1) is 11.1. The molecule has 0 radical (unpaired) electrons. The third-order valence-corrected chi connectivity index (χ3v) is 4.19. The number of carbonyl (C=O) groups excluding carboxylic acids is 2. The fraction of sp³-hybridized carbons (Fsp3) is 0.412. The van der Waals surface area contributed by atoms with Crippen LogP contribution < -0.4 is 10.1 Å². The molecule has 1 heterocycles. The van der Waals surface area contributed by atoms with Crippen LogP contribution in [0, 0.1) is 0 Å². The topological polar surface area (TPSA) is 58.6 Å². The number of benzene rings is 1.